The number of fused-ring (bicyclic) bond motifs is 2. The highest BCUT2D eigenvalue weighted by Crippen LogP contribution is 2.38. The van der Waals surface area contributed by atoms with Crippen LogP contribution in [-0.4, -0.2) is 102 Å². The molecule has 2 aromatic carbocycles. The Labute approximate surface area is 384 Å². The summed E-state index contributed by atoms with van der Waals surface area (Å²) in [5.41, 5.74) is 9.88. The minimum absolute atomic E-state index is 0.0302. The van der Waals surface area contributed by atoms with E-state index in [2.05, 4.69) is 50.0 Å². The van der Waals surface area contributed by atoms with Crippen molar-refractivity contribution in [2.24, 2.45) is 5.73 Å². The van der Waals surface area contributed by atoms with E-state index >= 15 is 0 Å². The Hall–Kier alpha value is -4.09. The fraction of sp³-hybridized carbons (Fsp3) is 0.533. The van der Waals surface area contributed by atoms with E-state index in [0.29, 0.717) is 46.4 Å². The van der Waals surface area contributed by atoms with E-state index in [1.165, 1.54) is 11.1 Å². The first-order valence-electron chi connectivity index (χ1n) is 22.1. The highest BCUT2D eigenvalue weighted by molar-refractivity contribution is 7.85. The molecule has 14 nitrogen and oxygen atoms in total. The summed E-state index contributed by atoms with van der Waals surface area (Å²) in [5, 5.41) is 11.3. The predicted molar refractivity (Wildman–Crippen MR) is 250 cm³/mol. The van der Waals surface area contributed by atoms with E-state index in [9.17, 15) is 13.2 Å². The molecule has 4 aromatic rings. The van der Waals surface area contributed by atoms with E-state index in [1.54, 1.807) is 0 Å². The lowest BCUT2D eigenvalue weighted by molar-refractivity contribution is 0.0523. The van der Waals surface area contributed by atoms with E-state index in [4.69, 9.17) is 53.6 Å². The van der Waals surface area contributed by atoms with Gasteiger partial charge in [0.05, 0.1) is 45.1 Å². The van der Waals surface area contributed by atoms with Crippen LogP contribution in [0.2, 0.25) is 10.0 Å². The molecule has 10 rings (SSSR count). The van der Waals surface area contributed by atoms with Crippen molar-refractivity contribution in [3.05, 3.63) is 81.1 Å². The molecular formula is C45H56Cl2N10O4S2. The second-order valence-electron chi connectivity index (χ2n) is 18.4. The van der Waals surface area contributed by atoms with Crippen LogP contribution in [0.5, 0.6) is 0 Å². The number of benzene rings is 2. The monoisotopic (exact) mass is 934 g/mol. The zero-order valence-corrected chi connectivity index (χ0v) is 39.1. The van der Waals surface area contributed by atoms with E-state index in [1.807, 2.05) is 45.0 Å². The van der Waals surface area contributed by atoms with Crippen molar-refractivity contribution >= 4 is 74.4 Å². The van der Waals surface area contributed by atoms with Gasteiger partial charge in [0.15, 0.2) is 0 Å². The largest absolute Gasteiger partial charge is 0.444 e. The fourth-order valence-electron chi connectivity index (χ4n) is 8.85. The smallest absolute Gasteiger partial charge is 0.407 e. The zero-order chi connectivity index (χ0) is 44.0. The van der Waals surface area contributed by atoms with Gasteiger partial charge >= 0.3 is 6.09 Å². The molecule has 2 aromatic heterocycles. The maximum Gasteiger partial charge on any atom is 0.407 e. The minimum atomic E-state index is -1.11. The van der Waals surface area contributed by atoms with Crippen LogP contribution in [0.15, 0.2) is 58.3 Å². The first kappa shape index (κ1) is 44.1. The number of aromatic nitrogens is 4. The molecule has 6 heterocycles. The molecule has 2 saturated heterocycles. The molecule has 18 heteroatoms. The van der Waals surface area contributed by atoms with Crippen LogP contribution in [-0.2, 0) is 39.2 Å². The summed E-state index contributed by atoms with van der Waals surface area (Å²) >= 11 is 12.1. The van der Waals surface area contributed by atoms with Crippen LogP contribution >= 0.6 is 23.2 Å². The van der Waals surface area contributed by atoms with Crippen molar-refractivity contribution in [1.82, 2.24) is 25.3 Å². The summed E-state index contributed by atoms with van der Waals surface area (Å²) in [6, 6.07) is 16.7. The summed E-state index contributed by atoms with van der Waals surface area (Å²) in [6.45, 7) is 9.08. The molecule has 0 spiro atoms. The molecule has 6 aliphatic rings. The van der Waals surface area contributed by atoms with Crippen molar-refractivity contribution in [3.8, 4) is 0 Å². The molecule has 5 N–H and O–H groups in total. The Bertz CT molecular complexity index is 2370. The summed E-state index contributed by atoms with van der Waals surface area (Å²) in [4.78, 5) is 37.3. The number of amides is 1. The summed E-state index contributed by atoms with van der Waals surface area (Å²) in [7, 11) is -2.12. The molecule has 4 fully saturated rings. The van der Waals surface area contributed by atoms with Crippen molar-refractivity contribution in [2.45, 2.75) is 124 Å². The summed E-state index contributed by atoms with van der Waals surface area (Å²) < 4.78 is 30.5. The maximum atomic E-state index is 12.7. The van der Waals surface area contributed by atoms with Gasteiger partial charge in [-0.1, -0.05) is 47.5 Å². The Kier molecular flexibility index (Phi) is 12.9. The average Bonchev–Trinajstić information content (AvgIpc) is 4.07. The first-order chi connectivity index (χ1) is 30.2. The minimum Gasteiger partial charge on any atom is -0.444 e. The molecule has 0 radical (unpaired) electrons. The Morgan fingerprint density at radius 3 is 1.52 bits per heavy atom. The first-order valence-corrected chi connectivity index (χ1v) is 25.5. The second kappa shape index (κ2) is 18.4. The van der Waals surface area contributed by atoms with Gasteiger partial charge < -0.3 is 36.2 Å². The molecule has 2 aliphatic carbocycles. The van der Waals surface area contributed by atoms with Crippen molar-refractivity contribution in [3.63, 3.8) is 0 Å². The lowest BCUT2D eigenvalue weighted by atomic mass is 9.89. The van der Waals surface area contributed by atoms with Crippen molar-refractivity contribution in [2.75, 3.05) is 58.1 Å². The number of hydrogen-bond donors (Lipinski definition) is 4. The van der Waals surface area contributed by atoms with Gasteiger partial charge in [-0.15, -0.1) is 0 Å². The van der Waals surface area contributed by atoms with Gasteiger partial charge in [0.1, 0.15) is 27.0 Å². The number of alkyl carbamates (subject to hydrolysis) is 1. The molecule has 0 bridgehead atoms. The SMILES string of the molecule is CC(C)(C)OC(=O)N[C@H]1CC1Nc1nc(N2CCC(c3ccc(Cl)cc3)CC2)nc2c1S(=O)CC2.N[C@H]1CC1Nc1nc(N2CCC(c3ccc(Cl)cc3)CC2)nc2c1S(=O)CC2. The second-order valence-corrected chi connectivity index (χ2v) is 22.3. The van der Waals surface area contributed by atoms with E-state index in [0.717, 1.165) is 109 Å². The number of carbonyl (C=O) groups is 1. The number of nitrogens with one attached hydrogen (secondary N) is 3. The number of nitrogens with two attached hydrogens (primary N) is 1. The summed E-state index contributed by atoms with van der Waals surface area (Å²) in [6.07, 6.45) is 6.88. The molecule has 63 heavy (non-hydrogen) atoms. The van der Waals surface area contributed by atoms with Gasteiger partial charge in [-0.05, 0) is 107 Å². The number of ether oxygens (including phenoxy) is 1. The van der Waals surface area contributed by atoms with Crippen LogP contribution < -0.4 is 31.5 Å². The number of hydrogen-bond acceptors (Lipinski definition) is 13. The normalized spacial score (nSPS) is 25.4. The summed E-state index contributed by atoms with van der Waals surface area (Å²) in [5.74, 6) is 5.06. The molecule has 1 amide bonds. The number of piperidine rings is 2. The van der Waals surface area contributed by atoms with Crippen LogP contribution in [0, 0.1) is 0 Å². The third-order valence-electron chi connectivity index (χ3n) is 12.6. The standard InChI is InChI=1S/C25H32ClN5O3S.C20H24ClN5OS/c1-25(2,3)34-24(32)29-20-14-19(20)27-22-21-18(10-13-35(21)33)28-23(30-22)31-11-8-16(9-12-31)15-4-6-17(26)7-5-15;21-14-3-1-12(2-4-14)13-5-8-26(9-6-13)20-24-16-7-10-28(27)18(16)19(25-20)23-17-11-15(17)22/h4-7,16,19-20H,8-14H2,1-3H3,(H,29,32)(H,27,28,30);1-4,13,15,17H,5-11,22H2,(H,23,24,25)/t19?,20-,35?;15-,17?,28?/m00/s1. The Morgan fingerprint density at radius 1 is 0.683 bits per heavy atom. The van der Waals surface area contributed by atoms with Crippen LogP contribution in [0.4, 0.5) is 28.3 Å². The van der Waals surface area contributed by atoms with Gasteiger partial charge in [-0.2, -0.15) is 9.97 Å². The topological polar surface area (TPSA) is 181 Å². The van der Waals surface area contributed by atoms with E-state index in [-0.39, 0.29) is 24.2 Å². The zero-order valence-electron chi connectivity index (χ0n) is 35.9. The van der Waals surface area contributed by atoms with Gasteiger partial charge in [-0.3, -0.25) is 8.42 Å². The lowest BCUT2D eigenvalue weighted by Crippen LogP contribution is -2.36. The number of rotatable bonds is 9. The average molecular weight is 936 g/mol. The quantitative estimate of drug-likeness (QED) is 0.136. The predicted octanol–water partition coefficient (Wildman–Crippen LogP) is 6.94. The Balaban J connectivity index is 0.000000164. The van der Waals surface area contributed by atoms with Crippen LogP contribution in [0.1, 0.15) is 93.6 Å². The van der Waals surface area contributed by atoms with E-state index < -0.39 is 33.3 Å². The number of aryl methyl sites for hydroxylation is 2. The Morgan fingerprint density at radius 2 is 1.11 bits per heavy atom. The number of carbonyl (C=O) groups excluding carboxylic acids is 1. The number of anilines is 4. The van der Waals surface area contributed by atoms with Gasteiger partial charge in [0, 0.05) is 72.7 Å². The molecule has 2 saturated carbocycles. The van der Waals surface area contributed by atoms with Gasteiger partial charge in [0.25, 0.3) is 0 Å². The molecular weight excluding hydrogens is 880 g/mol. The fourth-order valence-corrected chi connectivity index (χ4v) is 11.7. The van der Waals surface area contributed by atoms with Gasteiger partial charge in [0.2, 0.25) is 11.9 Å². The van der Waals surface area contributed by atoms with Gasteiger partial charge in [-0.25, -0.2) is 14.8 Å². The molecule has 4 aliphatic heterocycles. The molecule has 6 atom stereocenters. The number of nitrogens with zero attached hydrogens (tertiary/aromatic N) is 6. The third-order valence-corrected chi connectivity index (χ3v) is 16.0. The third kappa shape index (κ3) is 10.6. The number of halogens is 2. The molecule has 336 valence electrons. The van der Waals surface area contributed by atoms with Crippen molar-refractivity contribution in [1.29, 1.82) is 0 Å². The highest BCUT2D eigenvalue weighted by Gasteiger charge is 2.42. The van der Waals surface area contributed by atoms with Crippen LogP contribution in [0.3, 0.4) is 0 Å². The van der Waals surface area contributed by atoms with Crippen LogP contribution in [0.25, 0.3) is 0 Å². The maximum absolute atomic E-state index is 12.7. The van der Waals surface area contributed by atoms with Crippen molar-refractivity contribution < 1.29 is 17.9 Å². The molecule has 4 unspecified atom stereocenters. The lowest BCUT2D eigenvalue weighted by Gasteiger charge is -2.32. The highest BCUT2D eigenvalue weighted by atomic mass is 35.5.